The fourth-order valence-corrected chi connectivity index (χ4v) is 2.78. The number of halogens is 1. The molecule has 0 spiro atoms. The Morgan fingerprint density at radius 1 is 1.35 bits per heavy atom. The molecule has 1 unspecified atom stereocenters. The smallest absolute Gasteiger partial charge is 0.191 e. The molecule has 1 atom stereocenters. The van der Waals surface area contributed by atoms with Gasteiger partial charge in [0.15, 0.2) is 5.96 Å². The van der Waals surface area contributed by atoms with Crippen molar-refractivity contribution in [1.29, 1.82) is 0 Å². The summed E-state index contributed by atoms with van der Waals surface area (Å²) in [6.07, 6.45) is 2.48. The van der Waals surface area contributed by atoms with Crippen LogP contribution in [-0.2, 0) is 11.2 Å². The summed E-state index contributed by atoms with van der Waals surface area (Å²) in [5, 5.41) is 15.8. The minimum absolute atomic E-state index is 0.0106. The molecule has 3 N–H and O–H groups in total. The molecule has 0 aromatic heterocycles. The van der Waals surface area contributed by atoms with Crippen molar-refractivity contribution in [1.82, 2.24) is 10.6 Å². The molecule has 5 nitrogen and oxygen atoms in total. The summed E-state index contributed by atoms with van der Waals surface area (Å²) in [6, 6.07) is 6.53. The number of nitrogens with one attached hydrogen (secondary N) is 2. The Balaban J connectivity index is 1.75. The van der Waals surface area contributed by atoms with E-state index in [-0.39, 0.29) is 17.8 Å². The van der Waals surface area contributed by atoms with Crippen LogP contribution in [0.5, 0.6) is 0 Å². The van der Waals surface area contributed by atoms with Gasteiger partial charge in [-0.05, 0) is 37.0 Å². The molecule has 0 bridgehead atoms. The predicted octanol–water partition coefficient (Wildman–Crippen LogP) is 1.32. The molecule has 2 rings (SSSR count). The molecule has 0 saturated carbocycles. The average Bonchev–Trinajstić information content (AvgIpc) is 3.02. The third kappa shape index (κ3) is 5.48. The molecule has 1 aliphatic heterocycles. The van der Waals surface area contributed by atoms with Gasteiger partial charge >= 0.3 is 0 Å². The van der Waals surface area contributed by atoms with Crippen LogP contribution in [0.15, 0.2) is 29.3 Å². The first kappa shape index (κ1) is 17.7. The predicted molar refractivity (Wildman–Crippen MR) is 89.0 cm³/mol. The number of aliphatic imine (C=N–C) groups is 1. The summed E-state index contributed by atoms with van der Waals surface area (Å²) in [5.41, 5.74) is 1.07. The van der Waals surface area contributed by atoms with E-state index in [2.05, 4.69) is 15.6 Å². The van der Waals surface area contributed by atoms with E-state index in [1.165, 1.54) is 12.1 Å². The third-order valence-electron chi connectivity index (χ3n) is 4.30. The van der Waals surface area contributed by atoms with Gasteiger partial charge in [0.1, 0.15) is 5.82 Å². The molecule has 1 saturated heterocycles. The topological polar surface area (TPSA) is 65.9 Å². The second-order valence-electron chi connectivity index (χ2n) is 6.01. The van der Waals surface area contributed by atoms with Gasteiger partial charge in [0.2, 0.25) is 0 Å². The maximum atomic E-state index is 12.9. The van der Waals surface area contributed by atoms with Crippen LogP contribution < -0.4 is 10.6 Å². The van der Waals surface area contributed by atoms with Crippen LogP contribution in [0.4, 0.5) is 4.39 Å². The molecule has 0 amide bonds. The summed E-state index contributed by atoms with van der Waals surface area (Å²) >= 11 is 0. The average molecular weight is 323 g/mol. The van der Waals surface area contributed by atoms with Crippen molar-refractivity contribution in [2.24, 2.45) is 10.4 Å². The van der Waals surface area contributed by atoms with Gasteiger partial charge in [0.25, 0.3) is 0 Å². The van der Waals surface area contributed by atoms with Gasteiger partial charge in [-0.15, -0.1) is 0 Å². The first-order chi connectivity index (χ1) is 11.2. The zero-order valence-corrected chi connectivity index (χ0v) is 13.6. The molecule has 0 aliphatic carbocycles. The number of aliphatic hydroxyl groups is 1. The Hall–Kier alpha value is -1.66. The molecule has 0 radical (unpaired) electrons. The van der Waals surface area contributed by atoms with E-state index in [1.54, 1.807) is 19.2 Å². The number of nitrogens with zero attached hydrogens (tertiary/aromatic N) is 1. The molecule has 128 valence electrons. The fourth-order valence-electron chi connectivity index (χ4n) is 2.78. The van der Waals surface area contributed by atoms with Crippen molar-refractivity contribution >= 4 is 5.96 Å². The van der Waals surface area contributed by atoms with Crippen LogP contribution in [0, 0.1) is 11.2 Å². The highest BCUT2D eigenvalue weighted by Crippen LogP contribution is 2.31. The molecule has 1 aliphatic rings. The highest BCUT2D eigenvalue weighted by Gasteiger charge is 2.34. The lowest BCUT2D eigenvalue weighted by molar-refractivity contribution is 0.127. The van der Waals surface area contributed by atoms with E-state index in [9.17, 15) is 9.50 Å². The first-order valence-corrected chi connectivity index (χ1v) is 8.05. The number of ether oxygens (including phenoxy) is 1. The highest BCUT2D eigenvalue weighted by molar-refractivity contribution is 5.79. The van der Waals surface area contributed by atoms with Gasteiger partial charge < -0.3 is 20.5 Å². The number of rotatable bonds is 7. The lowest BCUT2D eigenvalue weighted by Crippen LogP contribution is -2.45. The van der Waals surface area contributed by atoms with Crippen molar-refractivity contribution in [3.8, 4) is 0 Å². The number of hydrogen-bond acceptors (Lipinski definition) is 3. The minimum atomic E-state index is -0.216. The zero-order valence-electron chi connectivity index (χ0n) is 13.6. The summed E-state index contributed by atoms with van der Waals surface area (Å²) in [7, 11) is 1.73. The maximum Gasteiger partial charge on any atom is 0.191 e. The first-order valence-electron chi connectivity index (χ1n) is 8.05. The summed E-state index contributed by atoms with van der Waals surface area (Å²) < 4.78 is 18.4. The van der Waals surface area contributed by atoms with E-state index < -0.39 is 0 Å². The van der Waals surface area contributed by atoms with E-state index in [1.807, 2.05) is 0 Å². The molecule has 1 fully saturated rings. The van der Waals surface area contributed by atoms with E-state index in [4.69, 9.17) is 4.74 Å². The van der Waals surface area contributed by atoms with Gasteiger partial charge in [0.05, 0.1) is 6.61 Å². The SMILES string of the molecule is CN=C(NCCc1ccc(F)cc1)NCC1(CCO)CCOC1. The fraction of sp³-hybridized carbons (Fsp3) is 0.588. The van der Waals surface area contributed by atoms with E-state index >= 15 is 0 Å². The zero-order chi connectivity index (χ0) is 16.5. The van der Waals surface area contributed by atoms with Crippen molar-refractivity contribution in [2.45, 2.75) is 19.3 Å². The summed E-state index contributed by atoms with van der Waals surface area (Å²) in [5.74, 6) is 0.517. The molecule has 6 heteroatoms. The quantitative estimate of drug-likeness (QED) is 0.523. The van der Waals surface area contributed by atoms with Gasteiger partial charge in [-0.1, -0.05) is 12.1 Å². The molecule has 1 heterocycles. The van der Waals surface area contributed by atoms with Crippen LogP contribution in [0.1, 0.15) is 18.4 Å². The monoisotopic (exact) mass is 323 g/mol. The Morgan fingerprint density at radius 3 is 2.74 bits per heavy atom. The number of hydrogen-bond donors (Lipinski definition) is 3. The standard InChI is InChI=1S/C17H26FN3O2/c1-19-16(20-9-6-14-2-4-15(18)5-3-14)21-12-17(7-10-22)8-11-23-13-17/h2-5,22H,6-13H2,1H3,(H2,19,20,21). The second kappa shape index (κ2) is 8.84. The largest absolute Gasteiger partial charge is 0.396 e. The number of benzene rings is 1. The van der Waals surface area contributed by atoms with E-state index in [0.717, 1.165) is 50.5 Å². The minimum Gasteiger partial charge on any atom is -0.396 e. The van der Waals surface area contributed by atoms with Crippen molar-refractivity contribution in [2.75, 3.05) is 40.0 Å². The summed E-state index contributed by atoms with van der Waals surface area (Å²) in [6.45, 7) is 3.03. The lowest BCUT2D eigenvalue weighted by Gasteiger charge is -2.27. The lowest BCUT2D eigenvalue weighted by atomic mass is 9.84. The number of guanidine groups is 1. The highest BCUT2D eigenvalue weighted by atomic mass is 19.1. The second-order valence-corrected chi connectivity index (χ2v) is 6.01. The summed E-state index contributed by atoms with van der Waals surface area (Å²) in [4.78, 5) is 4.22. The van der Waals surface area contributed by atoms with Crippen molar-refractivity contribution in [3.05, 3.63) is 35.6 Å². The van der Waals surface area contributed by atoms with Crippen LogP contribution in [-0.4, -0.2) is 51.0 Å². The van der Waals surface area contributed by atoms with E-state index in [0.29, 0.717) is 6.61 Å². The third-order valence-corrected chi connectivity index (χ3v) is 4.30. The van der Waals surface area contributed by atoms with Crippen molar-refractivity contribution < 1.29 is 14.2 Å². The van der Waals surface area contributed by atoms with Crippen LogP contribution in [0.3, 0.4) is 0 Å². The van der Waals surface area contributed by atoms with Crippen LogP contribution in [0.25, 0.3) is 0 Å². The Bertz CT molecular complexity index is 499. The van der Waals surface area contributed by atoms with Crippen LogP contribution in [0.2, 0.25) is 0 Å². The molecular formula is C17H26FN3O2. The van der Waals surface area contributed by atoms with Gasteiger partial charge in [0, 0.05) is 38.8 Å². The Morgan fingerprint density at radius 2 is 2.13 bits per heavy atom. The molecule has 1 aromatic carbocycles. The van der Waals surface area contributed by atoms with Crippen molar-refractivity contribution in [3.63, 3.8) is 0 Å². The maximum absolute atomic E-state index is 12.9. The molecular weight excluding hydrogens is 297 g/mol. The van der Waals surface area contributed by atoms with Gasteiger partial charge in [-0.2, -0.15) is 0 Å². The molecule has 23 heavy (non-hydrogen) atoms. The van der Waals surface area contributed by atoms with Crippen LogP contribution >= 0.6 is 0 Å². The van der Waals surface area contributed by atoms with Gasteiger partial charge in [-0.25, -0.2) is 4.39 Å². The molecule has 1 aromatic rings. The van der Waals surface area contributed by atoms with Gasteiger partial charge in [-0.3, -0.25) is 4.99 Å². The Kier molecular flexibility index (Phi) is 6.80. The normalized spacial score (nSPS) is 21.4. The Labute approximate surface area is 137 Å². The number of aliphatic hydroxyl groups excluding tert-OH is 1.